The van der Waals surface area contributed by atoms with E-state index in [9.17, 15) is 13.2 Å². The molecule has 0 aliphatic rings. The normalized spacial score (nSPS) is 13.5. The van der Waals surface area contributed by atoms with Crippen molar-refractivity contribution in [3.8, 4) is 0 Å². The van der Waals surface area contributed by atoms with Crippen LogP contribution in [0.1, 0.15) is 22.9 Å². The highest BCUT2D eigenvalue weighted by Crippen LogP contribution is 2.31. The lowest BCUT2D eigenvalue weighted by molar-refractivity contribution is -0.137. The molecular formula is C12H13F3N4. The lowest BCUT2D eigenvalue weighted by Gasteiger charge is -2.16. The summed E-state index contributed by atoms with van der Waals surface area (Å²) in [5.41, 5.74) is 2.75. The first-order chi connectivity index (χ1) is 8.91. The maximum Gasteiger partial charge on any atom is 0.416 e. The topological polar surface area (TPSA) is 55.9 Å². The maximum atomic E-state index is 12.7. The number of nitrogens with two attached hydrogens (primary N) is 1. The highest BCUT2D eigenvalue weighted by atomic mass is 19.4. The van der Waals surface area contributed by atoms with Crippen molar-refractivity contribution in [3.63, 3.8) is 0 Å². The van der Waals surface area contributed by atoms with Gasteiger partial charge in [-0.25, -0.2) is 5.43 Å². The fourth-order valence-electron chi connectivity index (χ4n) is 1.83. The van der Waals surface area contributed by atoms with Crippen LogP contribution in [0.3, 0.4) is 0 Å². The Hall–Kier alpha value is -1.86. The summed E-state index contributed by atoms with van der Waals surface area (Å²) in [6.45, 7) is 0. The van der Waals surface area contributed by atoms with Crippen molar-refractivity contribution in [3.05, 3.63) is 53.3 Å². The molecule has 0 radical (unpaired) electrons. The third kappa shape index (κ3) is 2.94. The number of nitrogens with zero attached hydrogens (tertiary/aromatic N) is 2. The van der Waals surface area contributed by atoms with Gasteiger partial charge in [0, 0.05) is 13.2 Å². The van der Waals surface area contributed by atoms with E-state index in [0.29, 0.717) is 11.3 Å². The van der Waals surface area contributed by atoms with E-state index in [0.717, 1.165) is 12.1 Å². The van der Waals surface area contributed by atoms with Gasteiger partial charge in [-0.2, -0.15) is 18.3 Å². The molecule has 3 N–H and O–H groups in total. The number of nitrogens with one attached hydrogen (secondary N) is 1. The van der Waals surface area contributed by atoms with E-state index in [2.05, 4.69) is 10.5 Å². The van der Waals surface area contributed by atoms with Crippen LogP contribution in [0.2, 0.25) is 0 Å². The summed E-state index contributed by atoms with van der Waals surface area (Å²) in [6.07, 6.45) is -2.67. The van der Waals surface area contributed by atoms with Gasteiger partial charge in [0.05, 0.1) is 17.3 Å². The van der Waals surface area contributed by atoms with Crippen LogP contribution in [0.5, 0.6) is 0 Å². The summed E-state index contributed by atoms with van der Waals surface area (Å²) in [6, 6.07) is 6.14. The molecule has 2 aromatic rings. The second-order valence-electron chi connectivity index (χ2n) is 4.14. The van der Waals surface area contributed by atoms with Crippen LogP contribution in [0.15, 0.2) is 36.5 Å². The predicted molar refractivity (Wildman–Crippen MR) is 63.8 cm³/mol. The van der Waals surface area contributed by atoms with Gasteiger partial charge >= 0.3 is 6.18 Å². The van der Waals surface area contributed by atoms with Crippen LogP contribution in [0, 0.1) is 0 Å². The first-order valence-electron chi connectivity index (χ1n) is 5.54. The zero-order chi connectivity index (χ0) is 14.0. The number of hydrogen-bond acceptors (Lipinski definition) is 3. The number of alkyl halides is 3. The molecule has 102 valence electrons. The molecular weight excluding hydrogens is 257 g/mol. The minimum absolute atomic E-state index is 0.413. The largest absolute Gasteiger partial charge is 0.416 e. The minimum atomic E-state index is -4.38. The number of aryl methyl sites for hydroxylation is 1. The third-order valence-electron chi connectivity index (χ3n) is 2.74. The van der Waals surface area contributed by atoms with Crippen molar-refractivity contribution in [2.75, 3.05) is 0 Å². The Balaban J connectivity index is 2.39. The quantitative estimate of drug-likeness (QED) is 0.662. The lowest BCUT2D eigenvalue weighted by Crippen LogP contribution is -2.29. The maximum absolute atomic E-state index is 12.7. The number of aromatic nitrogens is 2. The van der Waals surface area contributed by atoms with E-state index in [1.165, 1.54) is 6.07 Å². The fourth-order valence-corrected chi connectivity index (χ4v) is 1.83. The van der Waals surface area contributed by atoms with E-state index in [-0.39, 0.29) is 0 Å². The number of hydrazine groups is 1. The van der Waals surface area contributed by atoms with Crippen LogP contribution in [0.4, 0.5) is 13.2 Å². The molecule has 0 spiro atoms. The summed E-state index contributed by atoms with van der Waals surface area (Å²) >= 11 is 0. The van der Waals surface area contributed by atoms with Gasteiger partial charge in [-0.05, 0) is 23.8 Å². The number of benzene rings is 1. The van der Waals surface area contributed by atoms with Crippen LogP contribution < -0.4 is 11.3 Å². The number of halogens is 3. The molecule has 1 atom stereocenters. The van der Waals surface area contributed by atoms with E-state index < -0.39 is 17.8 Å². The lowest BCUT2D eigenvalue weighted by atomic mass is 10.0. The molecule has 0 aliphatic carbocycles. The Morgan fingerprint density at radius 2 is 2.05 bits per heavy atom. The van der Waals surface area contributed by atoms with Gasteiger partial charge in [-0.1, -0.05) is 12.1 Å². The van der Waals surface area contributed by atoms with Crippen molar-refractivity contribution in [1.29, 1.82) is 0 Å². The smallest absolute Gasteiger partial charge is 0.275 e. The molecule has 1 aromatic carbocycles. The van der Waals surface area contributed by atoms with Gasteiger partial charge in [-0.15, -0.1) is 0 Å². The zero-order valence-electron chi connectivity index (χ0n) is 10.1. The van der Waals surface area contributed by atoms with Gasteiger partial charge in [0.2, 0.25) is 0 Å². The highest BCUT2D eigenvalue weighted by Gasteiger charge is 2.31. The predicted octanol–water partition coefficient (Wildman–Crippen LogP) is 1.99. The first-order valence-corrected chi connectivity index (χ1v) is 5.54. The monoisotopic (exact) mass is 270 g/mol. The van der Waals surface area contributed by atoms with Crippen LogP contribution in [-0.2, 0) is 13.2 Å². The van der Waals surface area contributed by atoms with Crippen molar-refractivity contribution < 1.29 is 13.2 Å². The fraction of sp³-hybridized carbons (Fsp3) is 0.250. The van der Waals surface area contributed by atoms with Crippen molar-refractivity contribution in [2.45, 2.75) is 12.2 Å². The Bertz CT molecular complexity index is 562. The van der Waals surface area contributed by atoms with Crippen LogP contribution >= 0.6 is 0 Å². The molecule has 0 saturated carbocycles. The molecule has 0 amide bonds. The van der Waals surface area contributed by atoms with E-state index >= 15 is 0 Å². The molecule has 19 heavy (non-hydrogen) atoms. The first kappa shape index (κ1) is 13.6. The summed E-state index contributed by atoms with van der Waals surface area (Å²) in [5, 5.41) is 4.14. The van der Waals surface area contributed by atoms with Crippen molar-refractivity contribution in [1.82, 2.24) is 15.2 Å². The SMILES string of the molecule is Cn1ccc(C(NN)c2cccc(C(F)(F)F)c2)n1. The summed E-state index contributed by atoms with van der Waals surface area (Å²) < 4.78 is 39.6. The molecule has 0 saturated heterocycles. The van der Waals surface area contributed by atoms with Gasteiger partial charge in [0.1, 0.15) is 0 Å². The van der Waals surface area contributed by atoms with Crippen LogP contribution in [0.25, 0.3) is 0 Å². The van der Waals surface area contributed by atoms with Crippen molar-refractivity contribution >= 4 is 0 Å². The van der Waals surface area contributed by atoms with Crippen LogP contribution in [-0.4, -0.2) is 9.78 Å². The van der Waals surface area contributed by atoms with Crippen molar-refractivity contribution in [2.24, 2.45) is 12.9 Å². The molecule has 0 aliphatic heterocycles. The minimum Gasteiger partial charge on any atom is -0.275 e. The Morgan fingerprint density at radius 1 is 1.32 bits per heavy atom. The summed E-state index contributed by atoms with van der Waals surface area (Å²) in [4.78, 5) is 0. The van der Waals surface area contributed by atoms with E-state index in [1.807, 2.05) is 0 Å². The molecule has 4 nitrogen and oxygen atoms in total. The van der Waals surface area contributed by atoms with Gasteiger partial charge in [-0.3, -0.25) is 10.5 Å². The molecule has 7 heteroatoms. The van der Waals surface area contributed by atoms with Gasteiger partial charge < -0.3 is 0 Å². The van der Waals surface area contributed by atoms with Gasteiger partial charge in [0.25, 0.3) is 0 Å². The summed E-state index contributed by atoms with van der Waals surface area (Å²) in [7, 11) is 1.73. The number of rotatable bonds is 3. The number of hydrogen-bond donors (Lipinski definition) is 2. The molecule has 0 fully saturated rings. The van der Waals surface area contributed by atoms with E-state index in [4.69, 9.17) is 5.84 Å². The van der Waals surface area contributed by atoms with E-state index in [1.54, 1.807) is 30.1 Å². The molecule has 1 unspecified atom stereocenters. The average molecular weight is 270 g/mol. The molecule has 1 heterocycles. The van der Waals surface area contributed by atoms with Gasteiger partial charge in [0.15, 0.2) is 0 Å². The highest BCUT2D eigenvalue weighted by molar-refractivity contribution is 5.32. The molecule has 2 rings (SSSR count). The zero-order valence-corrected chi connectivity index (χ0v) is 10.1. The average Bonchev–Trinajstić information content (AvgIpc) is 2.76. The second-order valence-corrected chi connectivity index (χ2v) is 4.14. The second kappa shape index (κ2) is 5.02. The summed E-state index contributed by atoms with van der Waals surface area (Å²) in [5.74, 6) is 5.42. The standard InChI is InChI=1S/C12H13F3N4/c1-19-6-5-10(18-19)11(17-16)8-3-2-4-9(7-8)12(13,14)15/h2-7,11,17H,16H2,1H3. The molecule has 0 bridgehead atoms. The molecule has 1 aromatic heterocycles. The third-order valence-corrected chi connectivity index (χ3v) is 2.74. The Kier molecular flexibility index (Phi) is 3.59. The Labute approximate surface area is 108 Å². The Morgan fingerprint density at radius 3 is 2.58 bits per heavy atom.